The van der Waals surface area contributed by atoms with Gasteiger partial charge in [0.1, 0.15) is 5.76 Å². The molecule has 0 radical (unpaired) electrons. The monoisotopic (exact) mass is 331 g/mol. The highest BCUT2D eigenvalue weighted by Crippen LogP contribution is 2.30. The average molecular weight is 331 g/mol. The second-order valence-electron chi connectivity index (χ2n) is 4.23. The summed E-state index contributed by atoms with van der Waals surface area (Å²) in [5.74, 6) is -1.65. The zero-order valence-corrected chi connectivity index (χ0v) is 12.0. The number of carbonyl (C=O) groups excluding carboxylic acids is 1. The van der Waals surface area contributed by atoms with Crippen LogP contribution in [0.4, 0.5) is 13.2 Å². The number of carbonyl (C=O) groups is 1. The van der Waals surface area contributed by atoms with Gasteiger partial charge in [-0.2, -0.15) is 21.6 Å². The van der Waals surface area contributed by atoms with Crippen LogP contribution in [-0.2, 0) is 23.8 Å². The zero-order valence-electron chi connectivity index (χ0n) is 11.2. The Labute approximate surface area is 119 Å². The van der Waals surface area contributed by atoms with Crippen LogP contribution in [0.2, 0.25) is 6.82 Å². The van der Waals surface area contributed by atoms with Gasteiger partial charge in [0.2, 0.25) is 0 Å². The highest BCUT2D eigenvalue weighted by Gasteiger charge is 2.49. The van der Waals surface area contributed by atoms with Gasteiger partial charge in [-0.15, -0.1) is 0 Å². The van der Waals surface area contributed by atoms with E-state index in [1.54, 1.807) is 0 Å². The summed E-state index contributed by atoms with van der Waals surface area (Å²) in [5.41, 5.74) is -5.97. The van der Waals surface area contributed by atoms with E-state index in [9.17, 15) is 31.4 Å². The van der Waals surface area contributed by atoms with Crippen molar-refractivity contribution in [3.8, 4) is 0 Å². The van der Waals surface area contributed by atoms with Crippen molar-refractivity contribution in [2.24, 2.45) is 0 Å². The summed E-state index contributed by atoms with van der Waals surface area (Å²) in [4.78, 5) is 12.9. The summed E-state index contributed by atoms with van der Waals surface area (Å²) >= 11 is 0. The molecule has 0 atom stereocenters. The molecule has 0 aliphatic carbocycles. The Balaban J connectivity index is 3.13. The minimum atomic E-state index is -5.86. The second kappa shape index (κ2) is 6.24. The SMILES string of the molecule is COC(=O)C1=C(OS(=O)(=O)C(F)(F)F)CCN(B(C)O)C1. The van der Waals surface area contributed by atoms with Gasteiger partial charge in [0.05, 0.1) is 12.7 Å². The van der Waals surface area contributed by atoms with Crippen LogP contribution in [0.15, 0.2) is 11.3 Å². The van der Waals surface area contributed by atoms with Gasteiger partial charge in [-0.05, 0) is 13.4 Å². The number of halogens is 3. The molecule has 0 fully saturated rings. The Morgan fingerprint density at radius 3 is 2.43 bits per heavy atom. The summed E-state index contributed by atoms with van der Waals surface area (Å²) in [7, 11) is -5.83. The highest BCUT2D eigenvalue weighted by atomic mass is 32.2. The number of methoxy groups -OCH3 is 1. The van der Waals surface area contributed by atoms with Crippen LogP contribution in [0, 0.1) is 0 Å². The molecule has 1 rings (SSSR count). The number of hydrogen-bond donors (Lipinski definition) is 1. The molecule has 0 aromatic carbocycles. The molecule has 0 aromatic rings. The summed E-state index contributed by atoms with van der Waals surface area (Å²) in [5, 5.41) is 9.41. The van der Waals surface area contributed by atoms with Crippen molar-refractivity contribution in [3.05, 3.63) is 11.3 Å². The van der Waals surface area contributed by atoms with Gasteiger partial charge in [-0.25, -0.2) is 4.79 Å². The molecule has 0 saturated carbocycles. The molecule has 1 aliphatic heterocycles. The fourth-order valence-electron chi connectivity index (χ4n) is 1.66. The third-order valence-electron chi connectivity index (χ3n) is 2.78. The maximum atomic E-state index is 12.3. The maximum Gasteiger partial charge on any atom is 0.534 e. The van der Waals surface area contributed by atoms with Crippen LogP contribution < -0.4 is 0 Å². The van der Waals surface area contributed by atoms with E-state index >= 15 is 0 Å². The van der Waals surface area contributed by atoms with Crippen molar-refractivity contribution in [3.63, 3.8) is 0 Å². The molecular weight excluding hydrogens is 318 g/mol. The molecule has 1 heterocycles. The Bertz CT molecular complexity index is 544. The van der Waals surface area contributed by atoms with Gasteiger partial charge in [0, 0.05) is 13.0 Å². The van der Waals surface area contributed by atoms with E-state index in [1.807, 2.05) is 0 Å². The van der Waals surface area contributed by atoms with E-state index in [0.29, 0.717) is 0 Å². The predicted octanol–water partition coefficient (Wildman–Crippen LogP) is 0.0957. The fourth-order valence-corrected chi connectivity index (χ4v) is 2.20. The standard InChI is InChI=1S/C9H13BF3NO6S/c1-10(16)14-4-3-7(6(5-14)8(15)19-2)20-21(17,18)9(11,12)13/h16H,3-5H2,1-2H3. The van der Waals surface area contributed by atoms with Crippen LogP contribution >= 0.6 is 0 Å². The topological polar surface area (TPSA) is 93.1 Å². The lowest BCUT2D eigenvalue weighted by Gasteiger charge is -2.29. The number of alkyl halides is 3. The second-order valence-corrected chi connectivity index (χ2v) is 5.77. The first-order valence-corrected chi connectivity index (χ1v) is 7.13. The molecule has 120 valence electrons. The molecule has 0 aromatic heterocycles. The third kappa shape index (κ3) is 4.11. The van der Waals surface area contributed by atoms with E-state index in [0.717, 1.165) is 7.11 Å². The van der Waals surface area contributed by atoms with Crippen LogP contribution in [0.1, 0.15) is 6.42 Å². The molecule has 0 bridgehead atoms. The van der Waals surface area contributed by atoms with Crippen molar-refractivity contribution in [2.75, 3.05) is 20.2 Å². The number of hydrogen-bond acceptors (Lipinski definition) is 7. The van der Waals surface area contributed by atoms with Gasteiger partial charge in [0.15, 0.2) is 0 Å². The summed E-state index contributed by atoms with van der Waals surface area (Å²) in [6.07, 6.45) is -0.287. The molecule has 1 aliphatic rings. The molecule has 0 unspecified atom stereocenters. The molecule has 7 nitrogen and oxygen atoms in total. The number of nitrogens with zero attached hydrogens (tertiary/aromatic N) is 1. The van der Waals surface area contributed by atoms with Crippen molar-refractivity contribution >= 4 is 23.1 Å². The summed E-state index contributed by atoms with van der Waals surface area (Å²) in [6.45, 7) is 1.14. The lowest BCUT2D eigenvalue weighted by atomic mass is 9.82. The van der Waals surface area contributed by atoms with E-state index in [-0.39, 0.29) is 25.1 Å². The molecule has 0 amide bonds. The molecule has 0 saturated heterocycles. The highest BCUT2D eigenvalue weighted by molar-refractivity contribution is 7.87. The number of ether oxygens (including phenoxy) is 1. The molecular formula is C9H13BF3NO6S. The van der Waals surface area contributed by atoms with Crippen molar-refractivity contribution in [1.82, 2.24) is 4.81 Å². The van der Waals surface area contributed by atoms with E-state index in [4.69, 9.17) is 0 Å². The van der Waals surface area contributed by atoms with Gasteiger partial charge in [0.25, 0.3) is 0 Å². The van der Waals surface area contributed by atoms with Crippen LogP contribution in [0.25, 0.3) is 0 Å². The normalized spacial score (nSPS) is 17.6. The van der Waals surface area contributed by atoms with Crippen molar-refractivity contribution in [2.45, 2.75) is 18.8 Å². The van der Waals surface area contributed by atoms with Crippen molar-refractivity contribution < 1.29 is 40.3 Å². The average Bonchev–Trinajstić information content (AvgIpc) is 2.36. The first-order chi connectivity index (χ1) is 9.49. The van der Waals surface area contributed by atoms with Gasteiger partial charge < -0.3 is 18.8 Å². The van der Waals surface area contributed by atoms with Crippen LogP contribution in [0.5, 0.6) is 0 Å². The van der Waals surface area contributed by atoms with Gasteiger partial charge in [-0.3, -0.25) is 0 Å². The Morgan fingerprint density at radius 1 is 1.43 bits per heavy atom. The predicted molar refractivity (Wildman–Crippen MR) is 65.1 cm³/mol. The fraction of sp³-hybridized carbons (Fsp3) is 0.667. The maximum absolute atomic E-state index is 12.3. The lowest BCUT2D eigenvalue weighted by Crippen LogP contribution is -2.44. The van der Waals surface area contributed by atoms with Gasteiger partial charge >= 0.3 is 28.6 Å². The van der Waals surface area contributed by atoms with Crippen molar-refractivity contribution in [1.29, 1.82) is 0 Å². The zero-order chi connectivity index (χ0) is 16.4. The molecule has 1 N–H and O–H groups in total. The lowest BCUT2D eigenvalue weighted by molar-refractivity contribution is -0.136. The third-order valence-corrected chi connectivity index (χ3v) is 3.77. The molecule has 21 heavy (non-hydrogen) atoms. The Morgan fingerprint density at radius 2 is 2.00 bits per heavy atom. The van der Waals surface area contributed by atoms with E-state index in [1.165, 1.54) is 11.6 Å². The van der Waals surface area contributed by atoms with Crippen LogP contribution in [-0.4, -0.2) is 57.0 Å². The van der Waals surface area contributed by atoms with E-state index in [2.05, 4.69) is 8.92 Å². The Hall–Kier alpha value is -1.27. The summed E-state index contributed by atoms with van der Waals surface area (Å²) < 4.78 is 67.3. The Kier molecular flexibility index (Phi) is 5.28. The first kappa shape index (κ1) is 17.8. The van der Waals surface area contributed by atoms with Gasteiger partial charge in [-0.1, -0.05) is 0 Å². The smallest absolute Gasteiger partial charge is 0.466 e. The minimum Gasteiger partial charge on any atom is -0.466 e. The quantitative estimate of drug-likeness (QED) is 0.338. The first-order valence-electron chi connectivity index (χ1n) is 5.73. The molecule has 0 spiro atoms. The minimum absolute atomic E-state index is 0.0286. The number of rotatable bonds is 4. The number of esters is 1. The summed E-state index contributed by atoms with van der Waals surface area (Å²) in [6, 6.07) is 0. The molecule has 12 heteroatoms. The van der Waals surface area contributed by atoms with Crippen LogP contribution in [0.3, 0.4) is 0 Å². The van der Waals surface area contributed by atoms with E-state index < -0.39 is 34.4 Å². The largest absolute Gasteiger partial charge is 0.534 e.